The molecule has 1 rings (SSSR count). The number of hydrogen-bond donors (Lipinski definition) is 0. The summed E-state index contributed by atoms with van der Waals surface area (Å²) in [5.74, 6) is 0.720. The second-order valence-corrected chi connectivity index (χ2v) is 7.39. The molecule has 1 aliphatic carbocycles. The molecule has 1 aliphatic rings. The molecule has 0 amide bonds. The van der Waals surface area contributed by atoms with Gasteiger partial charge in [-0.3, -0.25) is 0 Å². The first-order chi connectivity index (χ1) is 7.20. The summed E-state index contributed by atoms with van der Waals surface area (Å²) in [6.07, 6.45) is 10.6. The molecule has 0 spiro atoms. The number of hydrogen-bond acceptors (Lipinski definition) is 0. The van der Waals surface area contributed by atoms with Crippen molar-refractivity contribution in [3.8, 4) is 0 Å². The van der Waals surface area contributed by atoms with Crippen molar-refractivity contribution in [1.82, 2.24) is 0 Å². The van der Waals surface area contributed by atoms with Crippen molar-refractivity contribution in [2.75, 3.05) is 0 Å². The molecule has 1 unspecified atom stereocenters. The highest BCUT2D eigenvalue weighted by Crippen LogP contribution is 2.42. The Hall–Kier alpha value is -0.520. The van der Waals surface area contributed by atoms with Crippen LogP contribution >= 0.6 is 0 Å². The first-order valence-corrected chi connectivity index (χ1v) is 6.56. The molecule has 16 heavy (non-hydrogen) atoms. The van der Waals surface area contributed by atoms with Crippen LogP contribution in [-0.2, 0) is 0 Å². The first kappa shape index (κ1) is 13.5. The minimum absolute atomic E-state index is 0.379. The molecule has 0 bridgehead atoms. The zero-order chi connectivity index (χ0) is 12.4. The van der Waals surface area contributed by atoms with E-state index in [0.29, 0.717) is 10.8 Å². The summed E-state index contributed by atoms with van der Waals surface area (Å²) in [7, 11) is 0. The van der Waals surface area contributed by atoms with E-state index in [0.717, 1.165) is 5.92 Å². The minimum atomic E-state index is 0.379. The quantitative estimate of drug-likeness (QED) is 0.587. The molecular weight excluding hydrogens is 192 g/mol. The highest BCUT2D eigenvalue weighted by Gasteiger charge is 2.31. The Labute approximate surface area is 102 Å². The van der Waals surface area contributed by atoms with Crippen LogP contribution in [-0.4, -0.2) is 0 Å². The summed E-state index contributed by atoms with van der Waals surface area (Å²) >= 11 is 0. The zero-order valence-corrected chi connectivity index (χ0v) is 11.9. The van der Waals surface area contributed by atoms with E-state index < -0.39 is 0 Å². The topological polar surface area (TPSA) is 0 Å². The maximum Gasteiger partial charge on any atom is -0.0146 e. The molecule has 0 heteroatoms. The molecule has 0 radical (unpaired) electrons. The molecule has 0 saturated heterocycles. The lowest BCUT2D eigenvalue weighted by molar-refractivity contribution is 0.192. The minimum Gasteiger partial charge on any atom is -0.0842 e. The Morgan fingerprint density at radius 3 is 2.12 bits per heavy atom. The standard InChI is InChI=1S/C16H28/c1-15(2,3)12-14(16(4,5)6)13-10-8-7-9-11-13/h7-8,10,14H,9,11-12H2,1-6H3. The van der Waals surface area contributed by atoms with Gasteiger partial charge in [-0.05, 0) is 36.0 Å². The summed E-state index contributed by atoms with van der Waals surface area (Å²) in [5, 5.41) is 0. The average molecular weight is 220 g/mol. The summed E-state index contributed by atoms with van der Waals surface area (Å²) in [6.45, 7) is 14.2. The third-order valence-corrected chi connectivity index (χ3v) is 3.36. The number of rotatable bonds is 2. The van der Waals surface area contributed by atoms with Gasteiger partial charge in [-0.2, -0.15) is 0 Å². The van der Waals surface area contributed by atoms with Crippen LogP contribution in [0.25, 0.3) is 0 Å². The number of allylic oxidation sites excluding steroid dienone is 4. The molecule has 0 heterocycles. The van der Waals surface area contributed by atoms with Crippen molar-refractivity contribution < 1.29 is 0 Å². The van der Waals surface area contributed by atoms with Crippen LogP contribution < -0.4 is 0 Å². The predicted molar refractivity (Wildman–Crippen MR) is 73.5 cm³/mol. The summed E-state index contributed by atoms with van der Waals surface area (Å²) in [5.41, 5.74) is 2.45. The average Bonchev–Trinajstić information content (AvgIpc) is 2.13. The fourth-order valence-electron chi connectivity index (χ4n) is 2.52. The molecule has 0 fully saturated rings. The largest absolute Gasteiger partial charge is 0.0842 e. The van der Waals surface area contributed by atoms with Crippen molar-refractivity contribution >= 4 is 0 Å². The fraction of sp³-hybridized carbons (Fsp3) is 0.750. The third kappa shape index (κ3) is 4.15. The second kappa shape index (κ2) is 4.77. The van der Waals surface area contributed by atoms with Gasteiger partial charge in [0.25, 0.3) is 0 Å². The summed E-state index contributed by atoms with van der Waals surface area (Å²) in [4.78, 5) is 0. The molecule has 1 atom stereocenters. The maximum atomic E-state index is 2.38. The van der Waals surface area contributed by atoms with E-state index in [9.17, 15) is 0 Å². The van der Waals surface area contributed by atoms with Gasteiger partial charge in [-0.15, -0.1) is 0 Å². The Bertz CT molecular complexity index is 278. The lowest BCUT2D eigenvalue weighted by Gasteiger charge is -2.38. The van der Waals surface area contributed by atoms with E-state index in [1.807, 2.05) is 0 Å². The molecule has 0 aromatic rings. The van der Waals surface area contributed by atoms with Gasteiger partial charge in [-0.25, -0.2) is 0 Å². The van der Waals surface area contributed by atoms with Gasteiger partial charge in [0.15, 0.2) is 0 Å². The Kier molecular flexibility index (Phi) is 4.04. The Balaban J connectivity index is 2.88. The SMILES string of the molecule is CC(C)(C)CC(C1=CC=CCC1)C(C)(C)C. The molecular formula is C16H28. The zero-order valence-electron chi connectivity index (χ0n) is 11.9. The smallest absolute Gasteiger partial charge is 0.0146 e. The lowest BCUT2D eigenvalue weighted by Crippen LogP contribution is -2.27. The van der Waals surface area contributed by atoms with Gasteiger partial charge in [0.05, 0.1) is 0 Å². The lowest BCUT2D eigenvalue weighted by atomic mass is 9.67. The van der Waals surface area contributed by atoms with Crippen LogP contribution in [0.2, 0.25) is 0 Å². The van der Waals surface area contributed by atoms with Crippen LogP contribution in [0.15, 0.2) is 23.8 Å². The van der Waals surface area contributed by atoms with Crippen LogP contribution in [0.5, 0.6) is 0 Å². The molecule has 0 aromatic carbocycles. The van der Waals surface area contributed by atoms with E-state index >= 15 is 0 Å². The molecule has 0 nitrogen and oxygen atoms in total. The van der Waals surface area contributed by atoms with Crippen LogP contribution in [0.4, 0.5) is 0 Å². The van der Waals surface area contributed by atoms with E-state index in [1.54, 1.807) is 5.57 Å². The molecule has 0 N–H and O–H groups in total. The van der Waals surface area contributed by atoms with E-state index in [-0.39, 0.29) is 0 Å². The van der Waals surface area contributed by atoms with Crippen LogP contribution in [0, 0.1) is 16.7 Å². The van der Waals surface area contributed by atoms with Crippen molar-refractivity contribution in [1.29, 1.82) is 0 Å². The fourth-order valence-corrected chi connectivity index (χ4v) is 2.52. The Morgan fingerprint density at radius 1 is 1.12 bits per heavy atom. The molecule has 0 saturated carbocycles. The van der Waals surface area contributed by atoms with Crippen LogP contribution in [0.3, 0.4) is 0 Å². The highest BCUT2D eigenvalue weighted by molar-refractivity contribution is 5.21. The van der Waals surface area contributed by atoms with Crippen molar-refractivity contribution in [2.24, 2.45) is 16.7 Å². The van der Waals surface area contributed by atoms with E-state index in [1.165, 1.54) is 19.3 Å². The van der Waals surface area contributed by atoms with Gasteiger partial charge in [0, 0.05) is 0 Å². The van der Waals surface area contributed by atoms with Gasteiger partial charge >= 0.3 is 0 Å². The van der Waals surface area contributed by atoms with Gasteiger partial charge in [0.2, 0.25) is 0 Å². The summed E-state index contributed by atoms with van der Waals surface area (Å²) < 4.78 is 0. The Morgan fingerprint density at radius 2 is 1.75 bits per heavy atom. The van der Waals surface area contributed by atoms with Crippen molar-refractivity contribution in [3.05, 3.63) is 23.8 Å². The highest BCUT2D eigenvalue weighted by atomic mass is 14.4. The second-order valence-electron chi connectivity index (χ2n) is 7.39. The predicted octanol–water partition coefficient (Wildman–Crippen LogP) is 5.36. The molecule has 0 aliphatic heterocycles. The van der Waals surface area contributed by atoms with E-state index in [2.05, 4.69) is 59.8 Å². The molecule has 92 valence electrons. The van der Waals surface area contributed by atoms with E-state index in [4.69, 9.17) is 0 Å². The maximum absolute atomic E-state index is 2.38. The van der Waals surface area contributed by atoms with Crippen molar-refractivity contribution in [2.45, 2.75) is 60.8 Å². The summed E-state index contributed by atoms with van der Waals surface area (Å²) in [6, 6.07) is 0. The van der Waals surface area contributed by atoms with Crippen molar-refractivity contribution in [3.63, 3.8) is 0 Å². The van der Waals surface area contributed by atoms with Gasteiger partial charge in [-0.1, -0.05) is 65.3 Å². The van der Waals surface area contributed by atoms with Gasteiger partial charge in [0.1, 0.15) is 0 Å². The monoisotopic (exact) mass is 220 g/mol. The first-order valence-electron chi connectivity index (χ1n) is 6.56. The normalized spacial score (nSPS) is 19.5. The van der Waals surface area contributed by atoms with Gasteiger partial charge < -0.3 is 0 Å². The molecule has 0 aromatic heterocycles. The third-order valence-electron chi connectivity index (χ3n) is 3.36. The van der Waals surface area contributed by atoms with Crippen LogP contribution in [0.1, 0.15) is 60.8 Å².